The average Bonchev–Trinajstić information content (AvgIpc) is 3.68. The fourth-order valence-electron chi connectivity index (χ4n) is 5.01. The van der Waals surface area contributed by atoms with Gasteiger partial charge in [0.2, 0.25) is 0 Å². The molecule has 1 unspecified atom stereocenters. The molecule has 2 aliphatic heterocycles. The maximum atomic E-state index is 14.5. The fourth-order valence-corrected chi connectivity index (χ4v) is 5.15. The lowest BCUT2D eigenvalue weighted by Crippen LogP contribution is -2.49. The Kier molecular flexibility index (Phi) is 7.69. The fraction of sp³-hybridized carbons (Fsp3) is 0.565. The topological polar surface area (TPSA) is 109 Å². The highest BCUT2D eigenvalue weighted by atomic mass is 35.5. The molecule has 5 rings (SSSR count). The molecule has 4 heterocycles. The second kappa shape index (κ2) is 10.8. The third-order valence-corrected chi connectivity index (χ3v) is 7.39. The Morgan fingerprint density at radius 3 is 2.71 bits per heavy atom. The van der Waals surface area contributed by atoms with Crippen LogP contribution in [0, 0.1) is 11.6 Å². The van der Waals surface area contributed by atoms with E-state index in [4.69, 9.17) is 25.8 Å². The lowest BCUT2D eigenvalue weighted by atomic mass is 9.92. The van der Waals surface area contributed by atoms with Gasteiger partial charge in [-0.2, -0.15) is 0 Å². The summed E-state index contributed by atoms with van der Waals surface area (Å²) in [6, 6.07) is 2.02. The average molecular weight is 561 g/mol. The highest BCUT2D eigenvalue weighted by Gasteiger charge is 2.47. The normalized spacial score (nSPS) is 27.9. The lowest BCUT2D eigenvalue weighted by Gasteiger charge is -2.40. The minimum Gasteiger partial charge on any atom is -0.394 e. The van der Waals surface area contributed by atoms with Crippen LogP contribution in [0.1, 0.15) is 24.6 Å². The molecule has 2 saturated heterocycles. The Morgan fingerprint density at radius 1 is 1.21 bits per heavy atom. The van der Waals surface area contributed by atoms with E-state index in [1.807, 2.05) is 0 Å². The summed E-state index contributed by atoms with van der Waals surface area (Å²) in [6.45, 7) is -0.278. The number of ether oxygens (including phenoxy) is 3. The molecular weight excluding hydrogens is 536 g/mol. The number of benzene rings is 1. The van der Waals surface area contributed by atoms with Gasteiger partial charge >= 0.3 is 0 Å². The van der Waals surface area contributed by atoms with Crippen LogP contribution >= 0.6 is 11.6 Å². The summed E-state index contributed by atoms with van der Waals surface area (Å²) in [6.07, 6.45) is -1.18. The third-order valence-electron chi connectivity index (χ3n) is 7.10. The van der Waals surface area contributed by atoms with Gasteiger partial charge in [0.15, 0.2) is 17.2 Å². The van der Waals surface area contributed by atoms with Crippen LogP contribution in [0.5, 0.6) is 0 Å². The van der Waals surface area contributed by atoms with E-state index in [1.54, 1.807) is 0 Å². The minimum absolute atomic E-state index is 0.0792. The quantitative estimate of drug-likeness (QED) is 0.331. The Labute approximate surface area is 219 Å². The molecule has 0 amide bonds. The van der Waals surface area contributed by atoms with Crippen molar-refractivity contribution in [3.8, 4) is 11.3 Å². The Bertz CT molecular complexity index is 1270. The van der Waals surface area contributed by atoms with E-state index in [0.29, 0.717) is 5.69 Å². The van der Waals surface area contributed by atoms with Crippen LogP contribution in [-0.2, 0) is 26.2 Å². The molecule has 1 aromatic carbocycles. The molecule has 3 aromatic rings. The zero-order valence-electron chi connectivity index (χ0n) is 20.2. The van der Waals surface area contributed by atoms with Crippen LogP contribution in [-0.4, -0.2) is 86.8 Å². The molecule has 0 bridgehead atoms. The summed E-state index contributed by atoms with van der Waals surface area (Å²) in [7, 11) is 1.47. The summed E-state index contributed by atoms with van der Waals surface area (Å²) in [5, 5.41) is 25.6. The first kappa shape index (κ1) is 26.9. The highest BCUT2D eigenvalue weighted by molar-refractivity contribution is 6.30. The second-order valence-corrected chi connectivity index (χ2v) is 9.76. The molecule has 0 aliphatic carbocycles. The first-order valence-corrected chi connectivity index (χ1v) is 12.3. The van der Waals surface area contributed by atoms with Gasteiger partial charge in [0.05, 0.1) is 48.4 Å². The number of hydrogen-bond acceptors (Lipinski definition) is 8. The van der Waals surface area contributed by atoms with Crippen molar-refractivity contribution in [2.75, 3.05) is 26.9 Å². The molecule has 0 radical (unpaired) electrons. The number of hydrogen-bond donors (Lipinski definition) is 1. The number of rotatable bonds is 8. The van der Waals surface area contributed by atoms with Crippen LogP contribution in [0.25, 0.3) is 11.3 Å². The molecule has 5 atom stereocenters. The molecule has 2 aliphatic rings. The van der Waals surface area contributed by atoms with Crippen LogP contribution in [0.4, 0.5) is 17.6 Å². The van der Waals surface area contributed by atoms with Crippen molar-refractivity contribution in [1.82, 2.24) is 30.0 Å². The number of nitrogens with zero attached hydrogens (tertiary/aromatic N) is 6. The van der Waals surface area contributed by atoms with E-state index in [1.165, 1.54) is 36.3 Å². The zero-order chi connectivity index (χ0) is 27.0. The summed E-state index contributed by atoms with van der Waals surface area (Å²) in [5.41, 5.74) is -1.23. The van der Waals surface area contributed by atoms with Gasteiger partial charge in [-0.1, -0.05) is 22.0 Å². The van der Waals surface area contributed by atoms with E-state index < -0.39 is 48.0 Å². The molecule has 206 valence electrons. The smallest absolute Gasteiger partial charge is 0.265 e. The van der Waals surface area contributed by atoms with E-state index in [2.05, 4.69) is 20.6 Å². The number of halogens is 5. The largest absolute Gasteiger partial charge is 0.394 e. The molecule has 1 N–H and O–H groups in total. The van der Waals surface area contributed by atoms with Crippen molar-refractivity contribution in [1.29, 1.82) is 0 Å². The number of aliphatic hydroxyl groups is 1. The van der Waals surface area contributed by atoms with Crippen LogP contribution in [0.15, 0.2) is 24.5 Å². The SMILES string of the molecule is CO[C@H]1[C@@H](Cc2cn(C3(C(F)F)CCOC3)nn2)O[C@@H](CO)C[C@@H]1n1cc(-c2ccc(Cl)c(F)c2F)nn1. The van der Waals surface area contributed by atoms with Gasteiger partial charge in [0, 0.05) is 44.7 Å². The molecule has 0 spiro atoms. The van der Waals surface area contributed by atoms with Crippen molar-refractivity contribution in [3.63, 3.8) is 0 Å². The number of methoxy groups -OCH3 is 1. The first-order valence-electron chi connectivity index (χ1n) is 11.9. The zero-order valence-corrected chi connectivity index (χ0v) is 20.9. The third kappa shape index (κ3) is 4.79. The van der Waals surface area contributed by atoms with Gasteiger partial charge in [0.25, 0.3) is 6.43 Å². The number of alkyl halides is 2. The summed E-state index contributed by atoms with van der Waals surface area (Å²) >= 11 is 5.65. The van der Waals surface area contributed by atoms with Crippen molar-refractivity contribution in [2.24, 2.45) is 0 Å². The maximum Gasteiger partial charge on any atom is 0.265 e. The van der Waals surface area contributed by atoms with Gasteiger partial charge in [0.1, 0.15) is 11.8 Å². The molecule has 2 aromatic heterocycles. The standard InChI is InChI=1S/C23H25ClF4N6O4/c1-36-21-17(33-9-16(30-31-33)14-2-3-15(24)20(26)19(14)25)7-13(10-35)38-18(21)6-12-8-34(32-29-12)23(22(27)28)4-5-37-11-23/h2-3,8-9,13,17-18,21-22,35H,4-7,10-11H2,1H3/t13-,17+,18-,21-,23?/m1/s1. The molecule has 15 heteroatoms. The van der Waals surface area contributed by atoms with E-state index >= 15 is 0 Å². The molecule has 0 saturated carbocycles. The number of aliphatic hydroxyl groups excluding tert-OH is 1. The predicted molar refractivity (Wildman–Crippen MR) is 124 cm³/mol. The van der Waals surface area contributed by atoms with Crippen molar-refractivity contribution in [3.05, 3.63) is 46.9 Å². The monoisotopic (exact) mass is 560 g/mol. The van der Waals surface area contributed by atoms with E-state index in [-0.39, 0.29) is 55.4 Å². The predicted octanol–water partition coefficient (Wildman–Crippen LogP) is 2.80. The Morgan fingerprint density at radius 2 is 2.03 bits per heavy atom. The first-order chi connectivity index (χ1) is 18.3. The number of aromatic nitrogens is 6. The van der Waals surface area contributed by atoms with Crippen molar-refractivity contribution < 1.29 is 36.9 Å². The van der Waals surface area contributed by atoms with Gasteiger partial charge < -0.3 is 19.3 Å². The van der Waals surface area contributed by atoms with Crippen LogP contribution in [0.2, 0.25) is 5.02 Å². The Balaban J connectivity index is 1.40. The van der Waals surface area contributed by atoms with Gasteiger partial charge in [-0.25, -0.2) is 26.9 Å². The van der Waals surface area contributed by atoms with E-state index in [9.17, 15) is 22.7 Å². The highest BCUT2D eigenvalue weighted by Crippen LogP contribution is 2.36. The van der Waals surface area contributed by atoms with Crippen molar-refractivity contribution in [2.45, 2.75) is 55.6 Å². The van der Waals surface area contributed by atoms with Gasteiger partial charge in [-0.3, -0.25) is 0 Å². The summed E-state index contributed by atoms with van der Waals surface area (Å²) in [5.74, 6) is -2.34. The molecule has 10 nitrogen and oxygen atoms in total. The molecule has 38 heavy (non-hydrogen) atoms. The van der Waals surface area contributed by atoms with Gasteiger partial charge in [-0.15, -0.1) is 10.2 Å². The molecule has 2 fully saturated rings. The van der Waals surface area contributed by atoms with E-state index in [0.717, 1.165) is 4.68 Å². The summed E-state index contributed by atoms with van der Waals surface area (Å²) in [4.78, 5) is 0. The van der Waals surface area contributed by atoms with Crippen LogP contribution in [0.3, 0.4) is 0 Å². The van der Waals surface area contributed by atoms with Crippen molar-refractivity contribution >= 4 is 11.6 Å². The Hall–Kier alpha value is -2.65. The summed E-state index contributed by atoms with van der Waals surface area (Å²) < 4.78 is 75.8. The van der Waals surface area contributed by atoms with Crippen LogP contribution < -0.4 is 0 Å². The lowest BCUT2D eigenvalue weighted by molar-refractivity contribution is -0.162. The van der Waals surface area contributed by atoms with Gasteiger partial charge in [-0.05, 0) is 12.1 Å². The molecular formula is C23H25ClF4N6O4. The second-order valence-electron chi connectivity index (χ2n) is 9.35. The maximum absolute atomic E-state index is 14.5. The minimum atomic E-state index is -2.69.